The summed E-state index contributed by atoms with van der Waals surface area (Å²) in [6.07, 6.45) is -9.56. The van der Waals surface area contributed by atoms with Crippen LogP contribution >= 0.6 is 0 Å². The number of nitrogens with zero attached hydrogens (tertiary/aromatic N) is 2. The average molecular weight is 547 g/mol. The fraction of sp³-hybridized carbons (Fsp3) is 0.115. The molecule has 0 radical (unpaired) electrons. The number of benzene rings is 3. The molecule has 4 rings (SSSR count). The Bertz CT molecular complexity index is 1540. The Balaban J connectivity index is 1.74. The van der Waals surface area contributed by atoms with E-state index in [2.05, 4.69) is 10.4 Å². The second kappa shape index (κ2) is 10.2. The van der Waals surface area contributed by atoms with E-state index in [1.807, 2.05) is 0 Å². The molecule has 0 bridgehead atoms. The summed E-state index contributed by atoms with van der Waals surface area (Å²) in [6, 6.07) is 15.8. The summed E-state index contributed by atoms with van der Waals surface area (Å²) in [5.41, 5.74) is 2.99. The Labute approximate surface area is 217 Å². The van der Waals surface area contributed by atoms with Crippen LogP contribution in [0.2, 0.25) is 0 Å². The van der Waals surface area contributed by atoms with Crippen molar-refractivity contribution in [3.8, 4) is 22.6 Å². The van der Waals surface area contributed by atoms with Crippen LogP contribution in [0.4, 0.5) is 32.0 Å². The fourth-order valence-electron chi connectivity index (χ4n) is 3.88. The third-order valence-electron chi connectivity index (χ3n) is 5.62. The number of hydrogen-bond donors (Lipinski definition) is 3. The minimum Gasteiger partial charge on any atom is -0.492 e. The quantitative estimate of drug-likeness (QED) is 0.154. The van der Waals surface area contributed by atoms with Crippen LogP contribution < -0.4 is 15.8 Å². The van der Waals surface area contributed by atoms with Gasteiger partial charge in [-0.15, -0.1) is 0 Å². The van der Waals surface area contributed by atoms with Gasteiger partial charge in [0.1, 0.15) is 5.84 Å². The van der Waals surface area contributed by atoms with Crippen molar-refractivity contribution in [2.75, 3.05) is 12.4 Å². The molecule has 13 heteroatoms. The molecule has 0 fully saturated rings. The summed E-state index contributed by atoms with van der Waals surface area (Å²) in [5.74, 6) is -2.24. The number of ether oxygens (including phenoxy) is 1. The fourth-order valence-corrected chi connectivity index (χ4v) is 3.88. The number of anilines is 1. The molecular weight excluding hydrogens is 528 g/mol. The summed E-state index contributed by atoms with van der Waals surface area (Å²) in [6.45, 7) is 0. The highest BCUT2D eigenvalue weighted by molar-refractivity contribution is 6.06. The van der Waals surface area contributed by atoms with Crippen molar-refractivity contribution in [2.45, 2.75) is 12.4 Å². The highest BCUT2D eigenvalue weighted by Gasteiger charge is 2.42. The molecule has 0 saturated carbocycles. The van der Waals surface area contributed by atoms with Crippen molar-refractivity contribution < 1.29 is 35.9 Å². The summed E-state index contributed by atoms with van der Waals surface area (Å²) in [5, 5.41) is 13.6. The standard InChI is InChI=1S/C26H19F6N5O2/c1-39-21-20(37(36-22(21)26(30,31)32)17-6-4-5-15(13-17)23(33)34)24(38)35-16-11-9-14(10-12-16)18-7-2-3-8-19(18)25(27,28)29/h2-13H,1H3,(H3,33,34)(H,35,38). The summed E-state index contributed by atoms with van der Waals surface area (Å²) >= 11 is 0. The van der Waals surface area contributed by atoms with E-state index in [0.717, 1.165) is 17.9 Å². The van der Waals surface area contributed by atoms with Crippen LogP contribution in [-0.4, -0.2) is 28.6 Å². The summed E-state index contributed by atoms with van der Waals surface area (Å²) in [7, 11) is 0.951. The first-order chi connectivity index (χ1) is 18.3. The highest BCUT2D eigenvalue weighted by atomic mass is 19.4. The molecule has 202 valence electrons. The maximum atomic E-state index is 13.7. The zero-order valence-corrected chi connectivity index (χ0v) is 20.0. The molecule has 4 N–H and O–H groups in total. The van der Waals surface area contributed by atoms with Crippen molar-refractivity contribution in [1.82, 2.24) is 9.78 Å². The number of aromatic nitrogens is 2. The molecule has 0 aliphatic heterocycles. The number of nitrogen functional groups attached to an aromatic ring is 1. The molecule has 0 saturated heterocycles. The van der Waals surface area contributed by atoms with E-state index < -0.39 is 41.0 Å². The number of amides is 1. The van der Waals surface area contributed by atoms with Crippen LogP contribution in [0.25, 0.3) is 16.8 Å². The molecule has 7 nitrogen and oxygen atoms in total. The third-order valence-corrected chi connectivity index (χ3v) is 5.62. The second-order valence-electron chi connectivity index (χ2n) is 8.18. The maximum Gasteiger partial charge on any atom is 0.438 e. The molecule has 0 aliphatic carbocycles. The lowest BCUT2D eigenvalue weighted by Gasteiger charge is -2.14. The van der Waals surface area contributed by atoms with Crippen LogP contribution in [0.5, 0.6) is 5.75 Å². The molecule has 0 unspecified atom stereocenters. The van der Waals surface area contributed by atoms with Gasteiger partial charge >= 0.3 is 12.4 Å². The molecular formula is C26H19F6N5O2. The Morgan fingerprint density at radius 2 is 1.62 bits per heavy atom. The number of halogens is 6. The summed E-state index contributed by atoms with van der Waals surface area (Å²) in [4.78, 5) is 13.3. The Morgan fingerprint density at radius 3 is 2.21 bits per heavy atom. The van der Waals surface area contributed by atoms with Gasteiger partial charge in [-0.3, -0.25) is 10.2 Å². The van der Waals surface area contributed by atoms with Crippen molar-refractivity contribution in [2.24, 2.45) is 5.73 Å². The molecule has 0 aliphatic rings. The normalized spacial score (nSPS) is 11.8. The van der Waals surface area contributed by atoms with E-state index in [1.54, 1.807) is 0 Å². The predicted octanol–water partition coefficient (Wildman–Crippen LogP) is 6.12. The maximum absolute atomic E-state index is 13.7. The molecule has 1 amide bonds. The topological polar surface area (TPSA) is 106 Å². The third kappa shape index (κ3) is 5.56. The first-order valence-corrected chi connectivity index (χ1v) is 11.1. The predicted molar refractivity (Wildman–Crippen MR) is 131 cm³/mol. The van der Waals surface area contributed by atoms with Crippen molar-refractivity contribution in [3.05, 3.63) is 95.3 Å². The van der Waals surface area contributed by atoms with E-state index in [-0.39, 0.29) is 33.9 Å². The smallest absolute Gasteiger partial charge is 0.438 e. The highest BCUT2D eigenvalue weighted by Crippen LogP contribution is 2.39. The van der Waals surface area contributed by atoms with Gasteiger partial charge < -0.3 is 15.8 Å². The van der Waals surface area contributed by atoms with Gasteiger partial charge in [0.05, 0.1) is 18.4 Å². The van der Waals surface area contributed by atoms with E-state index >= 15 is 0 Å². The minimum absolute atomic E-state index is 0.000700. The van der Waals surface area contributed by atoms with E-state index in [0.29, 0.717) is 0 Å². The summed E-state index contributed by atoms with van der Waals surface area (Å²) < 4.78 is 87.1. The van der Waals surface area contributed by atoms with Gasteiger partial charge in [0.25, 0.3) is 5.91 Å². The number of carbonyl (C=O) groups excluding carboxylic acids is 1. The zero-order valence-electron chi connectivity index (χ0n) is 20.0. The number of hydrogen-bond acceptors (Lipinski definition) is 4. The number of methoxy groups -OCH3 is 1. The van der Waals surface area contributed by atoms with Gasteiger partial charge in [-0.1, -0.05) is 42.5 Å². The lowest BCUT2D eigenvalue weighted by Crippen LogP contribution is -2.18. The Morgan fingerprint density at radius 1 is 0.949 bits per heavy atom. The number of carbonyl (C=O) groups is 1. The average Bonchev–Trinajstić information content (AvgIpc) is 3.29. The lowest BCUT2D eigenvalue weighted by molar-refractivity contribution is -0.142. The molecule has 39 heavy (non-hydrogen) atoms. The van der Waals surface area contributed by atoms with Crippen molar-refractivity contribution in [3.63, 3.8) is 0 Å². The second-order valence-corrected chi connectivity index (χ2v) is 8.18. The van der Waals surface area contributed by atoms with E-state index in [1.165, 1.54) is 66.7 Å². The number of amidine groups is 1. The molecule has 0 spiro atoms. The number of nitrogens with one attached hydrogen (secondary N) is 2. The lowest BCUT2D eigenvalue weighted by atomic mass is 9.99. The van der Waals surface area contributed by atoms with Crippen LogP contribution in [-0.2, 0) is 12.4 Å². The zero-order chi connectivity index (χ0) is 28.5. The van der Waals surface area contributed by atoms with Crippen LogP contribution in [0.3, 0.4) is 0 Å². The van der Waals surface area contributed by atoms with Crippen molar-refractivity contribution in [1.29, 1.82) is 5.41 Å². The molecule has 1 heterocycles. The molecule has 3 aromatic carbocycles. The van der Waals surface area contributed by atoms with E-state index in [4.69, 9.17) is 15.9 Å². The molecule has 0 atom stereocenters. The SMILES string of the molecule is COc1c(C(F)(F)F)nn(-c2cccc(C(=N)N)c2)c1C(=O)Nc1ccc(-c2ccccc2C(F)(F)F)cc1. The van der Waals surface area contributed by atoms with Gasteiger partial charge in [0, 0.05) is 11.3 Å². The van der Waals surface area contributed by atoms with Gasteiger partial charge in [-0.2, -0.15) is 31.4 Å². The van der Waals surface area contributed by atoms with E-state index in [9.17, 15) is 31.1 Å². The van der Waals surface area contributed by atoms with Gasteiger partial charge in [0.2, 0.25) is 5.69 Å². The molecule has 4 aromatic rings. The van der Waals surface area contributed by atoms with Crippen LogP contribution in [0.15, 0.2) is 72.8 Å². The largest absolute Gasteiger partial charge is 0.492 e. The first-order valence-electron chi connectivity index (χ1n) is 11.1. The van der Waals surface area contributed by atoms with Gasteiger partial charge in [-0.25, -0.2) is 4.68 Å². The number of rotatable bonds is 6. The first kappa shape index (κ1) is 27.2. The van der Waals surface area contributed by atoms with Crippen LogP contribution in [0, 0.1) is 5.41 Å². The number of alkyl halides is 6. The van der Waals surface area contributed by atoms with Crippen molar-refractivity contribution >= 4 is 17.4 Å². The van der Waals surface area contributed by atoms with Gasteiger partial charge in [-0.05, 0) is 41.5 Å². The Kier molecular flexibility index (Phi) is 7.09. The monoisotopic (exact) mass is 547 g/mol. The number of nitrogens with two attached hydrogens (primary N) is 1. The Hall–Kier alpha value is -4.81. The van der Waals surface area contributed by atoms with Crippen LogP contribution in [0.1, 0.15) is 27.3 Å². The van der Waals surface area contributed by atoms with Gasteiger partial charge in [0.15, 0.2) is 11.4 Å². The molecule has 1 aromatic heterocycles. The minimum atomic E-state index is -4.97.